The van der Waals surface area contributed by atoms with E-state index in [0.717, 1.165) is 24.8 Å². The molecular weight excluding hydrogens is 322 g/mol. The molecule has 1 atom stereocenters. The first-order chi connectivity index (χ1) is 11.6. The molecule has 2 aromatic rings. The number of ether oxygens (including phenoxy) is 1. The molecule has 0 heterocycles. The topological polar surface area (TPSA) is 38.3 Å². The van der Waals surface area contributed by atoms with Crippen LogP contribution in [0.1, 0.15) is 24.0 Å². The zero-order valence-corrected chi connectivity index (χ0v) is 14.6. The van der Waals surface area contributed by atoms with Crippen molar-refractivity contribution >= 4 is 17.5 Å². The van der Waals surface area contributed by atoms with E-state index in [4.69, 9.17) is 16.3 Å². The SMILES string of the molecule is COCC(Cc1ccccc1)NC(=O)C1(c2ccc(Cl)cc2)CC1. The van der Waals surface area contributed by atoms with E-state index in [1.54, 1.807) is 7.11 Å². The summed E-state index contributed by atoms with van der Waals surface area (Å²) in [4.78, 5) is 12.9. The Bertz CT molecular complexity index is 681. The Hall–Kier alpha value is -1.84. The summed E-state index contributed by atoms with van der Waals surface area (Å²) in [5.74, 6) is 0.0859. The van der Waals surface area contributed by atoms with Gasteiger partial charge >= 0.3 is 0 Å². The molecule has 1 fully saturated rings. The third-order valence-corrected chi connectivity index (χ3v) is 4.86. The first kappa shape index (κ1) is 17.0. The summed E-state index contributed by atoms with van der Waals surface area (Å²) in [5, 5.41) is 3.88. The van der Waals surface area contributed by atoms with Gasteiger partial charge in [0, 0.05) is 12.1 Å². The molecule has 0 aliphatic heterocycles. The van der Waals surface area contributed by atoms with Gasteiger partial charge in [-0.3, -0.25) is 4.79 Å². The number of halogens is 1. The second kappa shape index (κ2) is 7.37. The van der Waals surface area contributed by atoms with E-state index in [-0.39, 0.29) is 11.9 Å². The van der Waals surface area contributed by atoms with E-state index in [0.29, 0.717) is 11.6 Å². The van der Waals surface area contributed by atoms with Crippen molar-refractivity contribution in [2.75, 3.05) is 13.7 Å². The monoisotopic (exact) mass is 343 g/mol. The summed E-state index contributed by atoms with van der Waals surface area (Å²) < 4.78 is 5.30. The lowest BCUT2D eigenvalue weighted by Crippen LogP contribution is -2.44. The number of benzene rings is 2. The van der Waals surface area contributed by atoms with Crippen LogP contribution in [-0.2, 0) is 21.4 Å². The molecule has 1 N–H and O–H groups in total. The summed E-state index contributed by atoms with van der Waals surface area (Å²) in [6.07, 6.45) is 2.52. The van der Waals surface area contributed by atoms with Crippen LogP contribution in [0.25, 0.3) is 0 Å². The Kier molecular flexibility index (Phi) is 5.22. The maximum Gasteiger partial charge on any atom is 0.230 e. The number of hydrogen-bond donors (Lipinski definition) is 1. The van der Waals surface area contributed by atoms with Crippen LogP contribution in [0.2, 0.25) is 5.02 Å². The van der Waals surface area contributed by atoms with Crippen molar-refractivity contribution in [1.29, 1.82) is 0 Å². The molecule has 0 bridgehead atoms. The van der Waals surface area contributed by atoms with Crippen molar-refractivity contribution in [3.63, 3.8) is 0 Å². The minimum Gasteiger partial charge on any atom is -0.383 e. The molecule has 1 saturated carbocycles. The van der Waals surface area contributed by atoms with Crippen molar-refractivity contribution < 1.29 is 9.53 Å². The van der Waals surface area contributed by atoms with E-state index in [2.05, 4.69) is 17.4 Å². The molecule has 2 aromatic carbocycles. The lowest BCUT2D eigenvalue weighted by Gasteiger charge is -2.22. The number of carbonyl (C=O) groups excluding carboxylic acids is 1. The van der Waals surface area contributed by atoms with Crippen molar-refractivity contribution in [3.8, 4) is 0 Å². The highest BCUT2D eigenvalue weighted by molar-refractivity contribution is 6.30. The maximum atomic E-state index is 12.9. The lowest BCUT2D eigenvalue weighted by molar-refractivity contribution is -0.124. The molecule has 24 heavy (non-hydrogen) atoms. The number of rotatable bonds is 7. The van der Waals surface area contributed by atoms with Gasteiger partial charge < -0.3 is 10.1 Å². The third kappa shape index (κ3) is 3.80. The van der Waals surface area contributed by atoms with Gasteiger partial charge in [0.15, 0.2) is 0 Å². The van der Waals surface area contributed by atoms with Crippen molar-refractivity contribution in [2.45, 2.75) is 30.7 Å². The molecule has 126 valence electrons. The molecule has 1 amide bonds. The molecule has 0 radical (unpaired) electrons. The molecule has 1 aliphatic carbocycles. The first-order valence-corrected chi connectivity index (χ1v) is 8.62. The fourth-order valence-corrected chi connectivity index (χ4v) is 3.24. The lowest BCUT2D eigenvalue weighted by atomic mass is 9.94. The molecule has 4 heteroatoms. The standard InChI is InChI=1S/C20H22ClNO2/c1-24-14-18(13-15-5-3-2-4-6-15)22-19(23)20(11-12-20)16-7-9-17(21)10-8-16/h2-10,18H,11-14H2,1H3,(H,22,23). The number of carbonyl (C=O) groups is 1. The Balaban J connectivity index is 1.70. The Labute approximate surface area is 148 Å². The summed E-state index contributed by atoms with van der Waals surface area (Å²) in [6.45, 7) is 0.497. The minimum absolute atomic E-state index is 0.0327. The predicted molar refractivity (Wildman–Crippen MR) is 96.3 cm³/mol. The highest BCUT2D eigenvalue weighted by Crippen LogP contribution is 2.48. The van der Waals surface area contributed by atoms with Gasteiger partial charge in [-0.2, -0.15) is 0 Å². The van der Waals surface area contributed by atoms with E-state index < -0.39 is 5.41 Å². The zero-order valence-electron chi connectivity index (χ0n) is 13.8. The number of nitrogens with one attached hydrogen (secondary N) is 1. The highest BCUT2D eigenvalue weighted by atomic mass is 35.5. The normalized spacial score (nSPS) is 16.4. The smallest absolute Gasteiger partial charge is 0.230 e. The average Bonchev–Trinajstić information content (AvgIpc) is 3.38. The maximum absolute atomic E-state index is 12.9. The summed E-state index contributed by atoms with van der Waals surface area (Å²) in [7, 11) is 1.66. The van der Waals surface area contributed by atoms with Crippen molar-refractivity contribution in [2.24, 2.45) is 0 Å². The van der Waals surface area contributed by atoms with Gasteiger partial charge in [-0.25, -0.2) is 0 Å². The fourth-order valence-electron chi connectivity index (χ4n) is 3.12. The molecule has 1 aliphatic rings. The Morgan fingerprint density at radius 1 is 1.17 bits per heavy atom. The van der Waals surface area contributed by atoms with E-state index in [1.807, 2.05) is 42.5 Å². The van der Waals surface area contributed by atoms with E-state index >= 15 is 0 Å². The summed E-state index contributed by atoms with van der Waals surface area (Å²) in [6, 6.07) is 17.7. The first-order valence-electron chi connectivity index (χ1n) is 8.24. The molecule has 3 rings (SSSR count). The second-order valence-corrected chi connectivity index (χ2v) is 6.84. The Morgan fingerprint density at radius 3 is 2.42 bits per heavy atom. The van der Waals surface area contributed by atoms with Gasteiger partial charge in [0.2, 0.25) is 5.91 Å². The summed E-state index contributed by atoms with van der Waals surface area (Å²) >= 11 is 5.96. The molecule has 0 aromatic heterocycles. The number of amides is 1. The summed E-state index contributed by atoms with van der Waals surface area (Å²) in [5.41, 5.74) is 1.84. The molecule has 0 spiro atoms. The average molecular weight is 344 g/mol. The largest absolute Gasteiger partial charge is 0.383 e. The van der Waals surface area contributed by atoms with Crippen LogP contribution in [0.3, 0.4) is 0 Å². The second-order valence-electron chi connectivity index (χ2n) is 6.40. The van der Waals surface area contributed by atoms with Gasteiger partial charge in [-0.05, 0) is 42.5 Å². The molecular formula is C20H22ClNO2. The van der Waals surface area contributed by atoms with Crippen LogP contribution >= 0.6 is 11.6 Å². The molecule has 1 unspecified atom stereocenters. The molecule has 0 saturated heterocycles. The van der Waals surface area contributed by atoms with Crippen LogP contribution in [0.5, 0.6) is 0 Å². The minimum atomic E-state index is -0.396. The van der Waals surface area contributed by atoms with Gasteiger partial charge in [-0.1, -0.05) is 54.1 Å². The number of methoxy groups -OCH3 is 1. The van der Waals surface area contributed by atoms with Gasteiger partial charge in [0.05, 0.1) is 18.1 Å². The van der Waals surface area contributed by atoms with Crippen molar-refractivity contribution in [1.82, 2.24) is 5.32 Å². The Morgan fingerprint density at radius 2 is 1.83 bits per heavy atom. The zero-order chi connectivity index (χ0) is 17.0. The third-order valence-electron chi connectivity index (χ3n) is 4.61. The molecule has 3 nitrogen and oxygen atoms in total. The quantitative estimate of drug-likeness (QED) is 0.831. The fraction of sp³-hybridized carbons (Fsp3) is 0.350. The van der Waals surface area contributed by atoms with Crippen LogP contribution in [0.4, 0.5) is 0 Å². The van der Waals surface area contributed by atoms with E-state index in [1.165, 1.54) is 5.56 Å². The van der Waals surface area contributed by atoms with Gasteiger partial charge in [0.1, 0.15) is 0 Å². The van der Waals surface area contributed by atoms with Crippen LogP contribution in [0.15, 0.2) is 54.6 Å². The van der Waals surface area contributed by atoms with Crippen LogP contribution < -0.4 is 5.32 Å². The number of hydrogen-bond acceptors (Lipinski definition) is 2. The highest BCUT2D eigenvalue weighted by Gasteiger charge is 2.51. The van der Waals surface area contributed by atoms with Gasteiger partial charge in [-0.15, -0.1) is 0 Å². The van der Waals surface area contributed by atoms with Gasteiger partial charge in [0.25, 0.3) is 0 Å². The van der Waals surface area contributed by atoms with Crippen molar-refractivity contribution in [3.05, 3.63) is 70.7 Å². The van der Waals surface area contributed by atoms with Crippen LogP contribution in [0, 0.1) is 0 Å². The van der Waals surface area contributed by atoms with E-state index in [9.17, 15) is 4.79 Å². The van der Waals surface area contributed by atoms with Crippen LogP contribution in [-0.4, -0.2) is 25.7 Å². The predicted octanol–water partition coefficient (Wildman–Crippen LogP) is 3.75.